The SMILES string of the molecule is CCC1=C(C(=O)O)C=CN2NC(C)(CC)C(C(=O)O)=C12. The lowest BCUT2D eigenvalue weighted by Gasteiger charge is -2.28. The molecule has 0 amide bonds. The Morgan fingerprint density at radius 3 is 2.40 bits per heavy atom. The number of carbonyl (C=O) groups is 2. The Morgan fingerprint density at radius 1 is 1.30 bits per heavy atom. The highest BCUT2D eigenvalue weighted by molar-refractivity contribution is 5.96. The third-order valence-corrected chi connectivity index (χ3v) is 3.90. The minimum atomic E-state index is -1.04. The summed E-state index contributed by atoms with van der Waals surface area (Å²) in [5, 5.41) is 20.4. The van der Waals surface area contributed by atoms with Gasteiger partial charge in [0, 0.05) is 6.20 Å². The van der Waals surface area contributed by atoms with Crippen molar-refractivity contribution in [3.8, 4) is 0 Å². The van der Waals surface area contributed by atoms with Crippen molar-refractivity contribution in [2.24, 2.45) is 0 Å². The normalized spacial score (nSPS) is 25.2. The number of aliphatic carboxylic acids is 2. The fourth-order valence-electron chi connectivity index (χ4n) is 2.70. The van der Waals surface area contributed by atoms with E-state index in [0.717, 1.165) is 0 Å². The maximum absolute atomic E-state index is 11.7. The van der Waals surface area contributed by atoms with Gasteiger partial charge in [0.25, 0.3) is 0 Å². The molecule has 20 heavy (non-hydrogen) atoms. The Balaban J connectivity index is 2.72. The lowest BCUT2D eigenvalue weighted by atomic mass is 9.86. The molecule has 2 rings (SSSR count). The summed E-state index contributed by atoms with van der Waals surface area (Å²) < 4.78 is 0. The van der Waals surface area contributed by atoms with Crippen molar-refractivity contribution in [3.05, 3.63) is 34.7 Å². The van der Waals surface area contributed by atoms with Crippen LogP contribution >= 0.6 is 0 Å². The lowest BCUT2D eigenvalue weighted by molar-refractivity contribution is -0.134. The number of allylic oxidation sites excluding steroid dienone is 1. The maximum atomic E-state index is 11.7. The average Bonchev–Trinajstić information content (AvgIpc) is 2.70. The van der Waals surface area contributed by atoms with Gasteiger partial charge in [-0.2, -0.15) is 0 Å². The van der Waals surface area contributed by atoms with Crippen LogP contribution in [0.4, 0.5) is 0 Å². The quantitative estimate of drug-likeness (QED) is 0.724. The Hall–Kier alpha value is -2.08. The third kappa shape index (κ3) is 1.92. The van der Waals surface area contributed by atoms with E-state index in [1.54, 1.807) is 11.2 Å². The summed E-state index contributed by atoms with van der Waals surface area (Å²) in [7, 11) is 0. The summed E-state index contributed by atoms with van der Waals surface area (Å²) >= 11 is 0. The minimum Gasteiger partial charge on any atom is -0.478 e. The van der Waals surface area contributed by atoms with Crippen molar-refractivity contribution in [1.29, 1.82) is 0 Å². The van der Waals surface area contributed by atoms with Crippen molar-refractivity contribution in [1.82, 2.24) is 10.4 Å². The number of hydrazine groups is 1. The van der Waals surface area contributed by atoms with Gasteiger partial charge >= 0.3 is 11.9 Å². The summed E-state index contributed by atoms with van der Waals surface area (Å²) in [6, 6.07) is 0. The van der Waals surface area contributed by atoms with Gasteiger partial charge in [0.15, 0.2) is 0 Å². The Bertz CT molecular complexity index is 574. The van der Waals surface area contributed by atoms with Gasteiger partial charge in [-0.25, -0.2) is 15.0 Å². The molecular weight excluding hydrogens is 260 g/mol. The van der Waals surface area contributed by atoms with Gasteiger partial charge in [-0.05, 0) is 31.4 Å². The number of nitrogens with zero attached hydrogens (tertiary/aromatic N) is 1. The van der Waals surface area contributed by atoms with Crippen LogP contribution in [0.5, 0.6) is 0 Å². The highest BCUT2D eigenvalue weighted by Gasteiger charge is 2.45. The van der Waals surface area contributed by atoms with E-state index >= 15 is 0 Å². The van der Waals surface area contributed by atoms with Crippen molar-refractivity contribution in [3.63, 3.8) is 0 Å². The van der Waals surface area contributed by atoms with E-state index in [2.05, 4.69) is 5.43 Å². The molecule has 0 saturated heterocycles. The lowest BCUT2D eigenvalue weighted by Crippen LogP contribution is -2.45. The number of fused-ring (bicyclic) bond motifs is 1. The first kappa shape index (κ1) is 14.3. The first-order chi connectivity index (χ1) is 9.35. The van der Waals surface area contributed by atoms with Crippen LogP contribution in [-0.2, 0) is 9.59 Å². The molecule has 1 atom stereocenters. The Kier molecular flexibility index (Phi) is 3.43. The van der Waals surface area contributed by atoms with E-state index in [-0.39, 0.29) is 11.1 Å². The highest BCUT2D eigenvalue weighted by atomic mass is 16.4. The molecule has 2 heterocycles. The van der Waals surface area contributed by atoms with E-state index in [9.17, 15) is 19.8 Å². The predicted molar refractivity (Wildman–Crippen MR) is 72.4 cm³/mol. The van der Waals surface area contributed by atoms with Gasteiger partial charge in [-0.3, -0.25) is 5.01 Å². The second-order valence-corrected chi connectivity index (χ2v) is 5.06. The molecule has 0 aliphatic carbocycles. The molecule has 0 saturated carbocycles. The fourth-order valence-corrected chi connectivity index (χ4v) is 2.70. The second-order valence-electron chi connectivity index (χ2n) is 5.06. The van der Waals surface area contributed by atoms with Crippen LogP contribution in [0.3, 0.4) is 0 Å². The molecule has 0 radical (unpaired) electrons. The summed E-state index contributed by atoms with van der Waals surface area (Å²) in [6.45, 7) is 5.53. The molecule has 6 heteroatoms. The zero-order valence-electron chi connectivity index (χ0n) is 11.7. The zero-order valence-corrected chi connectivity index (χ0v) is 11.7. The van der Waals surface area contributed by atoms with Crippen LogP contribution in [0.2, 0.25) is 0 Å². The molecule has 0 aromatic carbocycles. The molecule has 2 aliphatic rings. The third-order valence-electron chi connectivity index (χ3n) is 3.90. The smallest absolute Gasteiger partial charge is 0.336 e. The van der Waals surface area contributed by atoms with E-state index in [1.807, 2.05) is 20.8 Å². The molecule has 6 nitrogen and oxygen atoms in total. The average molecular weight is 278 g/mol. The molecule has 0 aromatic rings. The molecule has 108 valence electrons. The van der Waals surface area contributed by atoms with Crippen LogP contribution in [0.1, 0.15) is 33.6 Å². The molecule has 3 N–H and O–H groups in total. The van der Waals surface area contributed by atoms with Gasteiger partial charge in [0.2, 0.25) is 0 Å². The number of carboxylic acid groups (broad SMARTS) is 2. The molecule has 0 bridgehead atoms. The first-order valence-electron chi connectivity index (χ1n) is 6.55. The number of hydrogen-bond acceptors (Lipinski definition) is 4. The summed E-state index contributed by atoms with van der Waals surface area (Å²) in [4.78, 5) is 23.0. The molecule has 1 unspecified atom stereocenters. The zero-order chi connectivity index (χ0) is 15.1. The minimum absolute atomic E-state index is 0.152. The molecular formula is C14H18N2O4. The van der Waals surface area contributed by atoms with Crippen molar-refractivity contribution >= 4 is 11.9 Å². The molecule has 0 spiro atoms. The van der Waals surface area contributed by atoms with Crippen molar-refractivity contribution in [2.75, 3.05) is 0 Å². The molecule has 0 fully saturated rings. The fraction of sp³-hybridized carbons (Fsp3) is 0.429. The largest absolute Gasteiger partial charge is 0.478 e. The molecule has 2 aliphatic heterocycles. The Morgan fingerprint density at radius 2 is 1.95 bits per heavy atom. The predicted octanol–water partition coefficient (Wildman–Crippen LogP) is 1.63. The van der Waals surface area contributed by atoms with E-state index in [0.29, 0.717) is 24.1 Å². The second kappa shape index (κ2) is 4.79. The van der Waals surface area contributed by atoms with Crippen LogP contribution in [0.25, 0.3) is 0 Å². The number of carboxylic acids is 2. The maximum Gasteiger partial charge on any atom is 0.336 e. The van der Waals surface area contributed by atoms with Crippen LogP contribution in [0, 0.1) is 0 Å². The van der Waals surface area contributed by atoms with Crippen LogP contribution < -0.4 is 5.43 Å². The first-order valence-corrected chi connectivity index (χ1v) is 6.55. The summed E-state index contributed by atoms with van der Waals surface area (Å²) in [5.74, 6) is -2.06. The van der Waals surface area contributed by atoms with Gasteiger partial charge in [0.05, 0.1) is 22.4 Å². The van der Waals surface area contributed by atoms with Gasteiger partial charge in [-0.15, -0.1) is 0 Å². The van der Waals surface area contributed by atoms with Gasteiger partial charge in [-0.1, -0.05) is 13.8 Å². The molecule has 0 aromatic heterocycles. The Labute approximate surface area is 117 Å². The van der Waals surface area contributed by atoms with Crippen LogP contribution in [-0.4, -0.2) is 32.7 Å². The topological polar surface area (TPSA) is 89.9 Å². The number of rotatable bonds is 4. The van der Waals surface area contributed by atoms with E-state index in [4.69, 9.17) is 0 Å². The van der Waals surface area contributed by atoms with Crippen molar-refractivity contribution < 1.29 is 19.8 Å². The van der Waals surface area contributed by atoms with E-state index in [1.165, 1.54) is 6.08 Å². The van der Waals surface area contributed by atoms with Crippen molar-refractivity contribution in [2.45, 2.75) is 39.2 Å². The standard InChI is InChI=1S/C14H18N2O4/c1-4-8-9(12(17)18)6-7-16-11(8)10(13(19)20)14(3,5-2)15-16/h6-7,15H,4-5H2,1-3H3,(H,17,18)(H,19,20). The van der Waals surface area contributed by atoms with E-state index < -0.39 is 17.5 Å². The number of hydrogen-bond donors (Lipinski definition) is 3. The summed E-state index contributed by atoms with van der Waals surface area (Å²) in [5.41, 5.74) is 3.81. The van der Waals surface area contributed by atoms with Gasteiger partial charge < -0.3 is 10.2 Å². The summed E-state index contributed by atoms with van der Waals surface area (Å²) in [6.07, 6.45) is 4.11. The number of nitrogens with one attached hydrogen (secondary N) is 1. The highest BCUT2D eigenvalue weighted by Crippen LogP contribution is 2.40. The van der Waals surface area contributed by atoms with Gasteiger partial charge in [0.1, 0.15) is 0 Å². The van der Waals surface area contributed by atoms with Crippen LogP contribution in [0.15, 0.2) is 34.7 Å². The monoisotopic (exact) mass is 278 g/mol.